The molecule has 38 heavy (non-hydrogen) atoms. The van der Waals surface area contributed by atoms with Crippen LogP contribution < -0.4 is 9.47 Å². The SMILES string of the molecule is CCOc1ccc(-n2c(C)nnc2S[C@H](C[N+](=O)[O-])c2cc(Br)ccc2OCc2ccc(Cl)c(Cl)c2)cc1. The first-order chi connectivity index (χ1) is 18.2. The van der Waals surface area contributed by atoms with Gasteiger partial charge in [-0.2, -0.15) is 0 Å². The number of nitro groups is 1. The molecule has 0 amide bonds. The highest BCUT2D eigenvalue weighted by Crippen LogP contribution is 2.41. The number of halogens is 3. The highest BCUT2D eigenvalue weighted by atomic mass is 79.9. The smallest absolute Gasteiger partial charge is 0.220 e. The molecule has 4 aromatic rings. The van der Waals surface area contributed by atoms with E-state index >= 15 is 0 Å². The van der Waals surface area contributed by atoms with Gasteiger partial charge in [0, 0.05) is 20.6 Å². The molecule has 0 aliphatic heterocycles. The molecule has 4 rings (SSSR count). The zero-order valence-electron chi connectivity index (χ0n) is 20.4. The molecular weight excluding hydrogens is 615 g/mol. The average molecular weight is 638 g/mol. The van der Waals surface area contributed by atoms with Gasteiger partial charge in [-0.3, -0.25) is 14.7 Å². The summed E-state index contributed by atoms with van der Waals surface area (Å²) in [7, 11) is 0. The standard InChI is InChI=1S/C26H23BrCl2N4O4S/c1-3-36-20-8-6-19(7-9-20)33-16(2)30-31-26(33)38-25(14-32(34)35)21-13-18(27)5-11-24(21)37-15-17-4-10-22(28)23(29)12-17/h4-13,25H,3,14-15H2,1-2H3/t25-/m1/s1. The third-order valence-electron chi connectivity index (χ3n) is 5.46. The molecule has 0 radical (unpaired) electrons. The van der Waals surface area contributed by atoms with Crippen LogP contribution in [0, 0.1) is 17.0 Å². The lowest BCUT2D eigenvalue weighted by Crippen LogP contribution is -2.13. The Morgan fingerprint density at radius 3 is 2.50 bits per heavy atom. The number of nitrogens with zero attached hydrogens (tertiary/aromatic N) is 4. The van der Waals surface area contributed by atoms with E-state index in [1.165, 1.54) is 11.8 Å². The van der Waals surface area contributed by atoms with Gasteiger partial charge >= 0.3 is 0 Å². The van der Waals surface area contributed by atoms with Gasteiger partial charge in [0.25, 0.3) is 0 Å². The van der Waals surface area contributed by atoms with Crippen LogP contribution in [-0.2, 0) is 6.61 Å². The molecule has 12 heteroatoms. The molecule has 1 atom stereocenters. The number of hydrogen-bond acceptors (Lipinski definition) is 7. The zero-order valence-corrected chi connectivity index (χ0v) is 24.4. The van der Waals surface area contributed by atoms with Gasteiger partial charge in [-0.1, -0.05) is 57.0 Å². The zero-order chi connectivity index (χ0) is 27.2. The average Bonchev–Trinajstić information content (AvgIpc) is 3.25. The number of rotatable bonds is 11. The third-order valence-corrected chi connectivity index (χ3v) is 7.86. The van der Waals surface area contributed by atoms with Gasteiger partial charge in [-0.25, -0.2) is 0 Å². The van der Waals surface area contributed by atoms with Crippen molar-refractivity contribution in [3.63, 3.8) is 0 Å². The predicted molar refractivity (Wildman–Crippen MR) is 153 cm³/mol. The fraction of sp³-hybridized carbons (Fsp3) is 0.231. The molecule has 0 bridgehead atoms. The van der Waals surface area contributed by atoms with Crippen LogP contribution in [0.1, 0.15) is 29.1 Å². The summed E-state index contributed by atoms with van der Waals surface area (Å²) in [6, 6.07) is 18.2. The molecule has 0 saturated carbocycles. The van der Waals surface area contributed by atoms with Crippen LogP contribution in [0.4, 0.5) is 0 Å². The summed E-state index contributed by atoms with van der Waals surface area (Å²) in [4.78, 5) is 11.4. The topological polar surface area (TPSA) is 92.3 Å². The molecule has 0 spiro atoms. The van der Waals surface area contributed by atoms with E-state index in [2.05, 4.69) is 26.1 Å². The summed E-state index contributed by atoms with van der Waals surface area (Å²) in [6.45, 7) is 4.19. The number of ether oxygens (including phenoxy) is 2. The van der Waals surface area contributed by atoms with E-state index in [1.54, 1.807) is 18.2 Å². The number of aromatic nitrogens is 3. The predicted octanol–water partition coefficient (Wildman–Crippen LogP) is 7.73. The summed E-state index contributed by atoms with van der Waals surface area (Å²) >= 11 is 16.9. The summed E-state index contributed by atoms with van der Waals surface area (Å²) in [6.07, 6.45) is 0. The first-order valence-electron chi connectivity index (χ1n) is 11.5. The molecule has 1 aromatic heterocycles. The van der Waals surface area contributed by atoms with E-state index in [9.17, 15) is 10.1 Å². The molecular formula is C26H23BrCl2N4O4S. The van der Waals surface area contributed by atoms with Crippen LogP contribution in [0.5, 0.6) is 11.5 Å². The summed E-state index contributed by atoms with van der Waals surface area (Å²) in [5, 5.41) is 21.1. The Bertz CT molecular complexity index is 1440. The van der Waals surface area contributed by atoms with Gasteiger partial charge in [0.15, 0.2) is 5.16 Å². The minimum absolute atomic E-state index is 0.211. The highest BCUT2D eigenvalue weighted by Gasteiger charge is 2.27. The van der Waals surface area contributed by atoms with E-state index in [-0.39, 0.29) is 18.1 Å². The molecule has 0 unspecified atom stereocenters. The monoisotopic (exact) mass is 636 g/mol. The maximum atomic E-state index is 11.7. The molecule has 0 saturated heterocycles. The minimum atomic E-state index is -0.614. The van der Waals surface area contributed by atoms with Crippen molar-refractivity contribution in [3.05, 3.63) is 102 Å². The Morgan fingerprint density at radius 2 is 1.82 bits per heavy atom. The largest absolute Gasteiger partial charge is 0.494 e. The lowest BCUT2D eigenvalue weighted by molar-refractivity contribution is -0.479. The van der Waals surface area contributed by atoms with Gasteiger partial charge in [0.2, 0.25) is 6.54 Å². The molecule has 0 aliphatic rings. The number of hydrogen-bond donors (Lipinski definition) is 0. The van der Waals surface area contributed by atoms with Crippen molar-refractivity contribution >= 4 is 50.9 Å². The van der Waals surface area contributed by atoms with Gasteiger partial charge < -0.3 is 9.47 Å². The van der Waals surface area contributed by atoms with Gasteiger partial charge in [-0.15, -0.1) is 10.2 Å². The van der Waals surface area contributed by atoms with Crippen molar-refractivity contribution in [2.75, 3.05) is 13.2 Å². The first kappa shape index (κ1) is 28.2. The van der Waals surface area contributed by atoms with E-state index < -0.39 is 5.25 Å². The molecule has 1 heterocycles. The van der Waals surface area contributed by atoms with Crippen molar-refractivity contribution in [3.8, 4) is 17.2 Å². The summed E-state index contributed by atoms with van der Waals surface area (Å²) in [5.74, 6) is 1.92. The van der Waals surface area contributed by atoms with E-state index in [0.29, 0.717) is 38.9 Å². The van der Waals surface area contributed by atoms with Crippen LogP contribution in [-0.4, -0.2) is 32.8 Å². The molecule has 198 valence electrons. The van der Waals surface area contributed by atoms with E-state index in [4.69, 9.17) is 32.7 Å². The van der Waals surface area contributed by atoms with Gasteiger partial charge in [0.1, 0.15) is 29.2 Å². The van der Waals surface area contributed by atoms with Crippen molar-refractivity contribution in [1.29, 1.82) is 0 Å². The number of thioether (sulfide) groups is 1. The Morgan fingerprint density at radius 1 is 1.05 bits per heavy atom. The van der Waals surface area contributed by atoms with Gasteiger partial charge in [-0.05, 0) is 74.0 Å². The quantitative estimate of drug-likeness (QED) is 0.0943. The Kier molecular flexibility index (Phi) is 9.54. The van der Waals surface area contributed by atoms with Crippen molar-refractivity contribution in [1.82, 2.24) is 14.8 Å². The van der Waals surface area contributed by atoms with Gasteiger partial charge in [0.05, 0.1) is 16.7 Å². The molecule has 0 fully saturated rings. The summed E-state index contributed by atoms with van der Waals surface area (Å²) < 4.78 is 14.3. The van der Waals surface area contributed by atoms with Crippen LogP contribution >= 0.6 is 50.9 Å². The maximum Gasteiger partial charge on any atom is 0.220 e. The van der Waals surface area contributed by atoms with E-state index in [0.717, 1.165) is 21.5 Å². The maximum absolute atomic E-state index is 11.7. The normalized spacial score (nSPS) is 11.8. The fourth-order valence-corrected chi connectivity index (χ4v) is 5.62. The van der Waals surface area contributed by atoms with Crippen molar-refractivity contribution in [2.45, 2.75) is 30.9 Å². The highest BCUT2D eigenvalue weighted by molar-refractivity contribution is 9.10. The Labute approximate surface area is 242 Å². The number of aryl methyl sites for hydroxylation is 1. The van der Waals surface area contributed by atoms with Crippen LogP contribution in [0.25, 0.3) is 5.69 Å². The van der Waals surface area contributed by atoms with Crippen LogP contribution in [0.2, 0.25) is 10.0 Å². The molecule has 3 aromatic carbocycles. The second-order valence-electron chi connectivity index (χ2n) is 8.13. The van der Waals surface area contributed by atoms with E-state index in [1.807, 2.05) is 60.9 Å². The van der Waals surface area contributed by atoms with Crippen LogP contribution in [0.15, 0.2) is 70.3 Å². The van der Waals surface area contributed by atoms with Crippen molar-refractivity contribution < 1.29 is 14.4 Å². The molecule has 0 N–H and O–H groups in total. The second-order valence-corrected chi connectivity index (χ2v) is 11.0. The molecule has 8 nitrogen and oxygen atoms in total. The number of benzene rings is 3. The third kappa shape index (κ3) is 6.99. The molecule has 0 aliphatic carbocycles. The first-order valence-corrected chi connectivity index (χ1v) is 14.0. The summed E-state index contributed by atoms with van der Waals surface area (Å²) in [5.41, 5.74) is 2.29. The Hall–Kier alpha value is -2.79. The Balaban J connectivity index is 1.65. The second kappa shape index (κ2) is 12.8. The lowest BCUT2D eigenvalue weighted by atomic mass is 10.1. The lowest BCUT2D eigenvalue weighted by Gasteiger charge is -2.18. The van der Waals surface area contributed by atoms with Crippen molar-refractivity contribution in [2.24, 2.45) is 0 Å². The minimum Gasteiger partial charge on any atom is -0.494 e. The fourth-order valence-electron chi connectivity index (χ4n) is 3.73. The van der Waals surface area contributed by atoms with Crippen LogP contribution in [0.3, 0.4) is 0 Å².